The van der Waals surface area contributed by atoms with Crippen molar-refractivity contribution in [2.45, 2.75) is 51.0 Å². The number of benzene rings is 1. The molecule has 1 aromatic rings. The Balaban J connectivity index is 2.22. The Morgan fingerprint density at radius 1 is 1.25 bits per heavy atom. The van der Waals surface area contributed by atoms with Crippen LogP contribution in [0.1, 0.15) is 38.7 Å². The highest BCUT2D eigenvalue weighted by molar-refractivity contribution is 9.10. The van der Waals surface area contributed by atoms with Crippen molar-refractivity contribution in [1.29, 1.82) is 0 Å². The van der Waals surface area contributed by atoms with Gasteiger partial charge in [-0.3, -0.25) is 0 Å². The van der Waals surface area contributed by atoms with Crippen LogP contribution in [0, 0.1) is 18.8 Å². The molecule has 0 spiro atoms. The summed E-state index contributed by atoms with van der Waals surface area (Å²) in [5.74, 6) is 0.945. The quantitative estimate of drug-likeness (QED) is 0.890. The number of rotatable bonds is 3. The van der Waals surface area contributed by atoms with Crippen LogP contribution in [-0.2, 0) is 10.0 Å². The molecule has 3 unspecified atom stereocenters. The van der Waals surface area contributed by atoms with Crippen LogP contribution in [0.25, 0.3) is 0 Å². The van der Waals surface area contributed by atoms with Crippen LogP contribution >= 0.6 is 15.9 Å². The standard InChI is InChI=1S/C15H22BrNO2S/c1-10-7-8-15(13(16)9-10)20(18,19)17-14-6-4-5-11(2)12(14)3/h7-9,11-12,14,17H,4-6H2,1-3H3. The van der Waals surface area contributed by atoms with Gasteiger partial charge in [-0.15, -0.1) is 0 Å². The predicted octanol–water partition coefficient (Wildman–Crippen LogP) is 3.86. The van der Waals surface area contributed by atoms with Gasteiger partial charge < -0.3 is 0 Å². The number of aryl methyl sites for hydroxylation is 1. The van der Waals surface area contributed by atoms with E-state index in [-0.39, 0.29) is 6.04 Å². The number of hydrogen-bond acceptors (Lipinski definition) is 2. The number of sulfonamides is 1. The van der Waals surface area contributed by atoms with E-state index < -0.39 is 10.0 Å². The van der Waals surface area contributed by atoms with E-state index >= 15 is 0 Å². The summed E-state index contributed by atoms with van der Waals surface area (Å²) in [6, 6.07) is 5.36. The second kappa shape index (κ2) is 6.16. The molecule has 0 bridgehead atoms. The molecule has 1 fully saturated rings. The lowest BCUT2D eigenvalue weighted by molar-refractivity contribution is 0.227. The van der Waals surface area contributed by atoms with Gasteiger partial charge in [0.25, 0.3) is 0 Å². The molecule has 1 saturated carbocycles. The third kappa shape index (κ3) is 3.43. The summed E-state index contributed by atoms with van der Waals surface area (Å²) in [5, 5.41) is 0. The fourth-order valence-electron chi connectivity index (χ4n) is 2.83. The minimum atomic E-state index is -3.46. The molecule has 3 nitrogen and oxygen atoms in total. The van der Waals surface area contributed by atoms with Crippen LogP contribution in [0.3, 0.4) is 0 Å². The van der Waals surface area contributed by atoms with Crippen LogP contribution in [0.4, 0.5) is 0 Å². The minimum Gasteiger partial charge on any atom is -0.208 e. The summed E-state index contributed by atoms with van der Waals surface area (Å²) >= 11 is 3.36. The molecule has 1 aliphatic carbocycles. The van der Waals surface area contributed by atoms with Crippen molar-refractivity contribution in [3.05, 3.63) is 28.2 Å². The summed E-state index contributed by atoms with van der Waals surface area (Å²) in [4.78, 5) is 0.327. The topological polar surface area (TPSA) is 46.2 Å². The van der Waals surface area contributed by atoms with E-state index in [9.17, 15) is 8.42 Å². The van der Waals surface area contributed by atoms with Crippen molar-refractivity contribution in [3.63, 3.8) is 0 Å². The highest BCUT2D eigenvalue weighted by Crippen LogP contribution is 2.31. The molecule has 3 atom stereocenters. The highest BCUT2D eigenvalue weighted by atomic mass is 79.9. The van der Waals surface area contributed by atoms with Gasteiger partial charge in [0.05, 0.1) is 4.90 Å². The molecule has 0 heterocycles. The molecule has 0 aromatic heterocycles. The Labute approximate surface area is 130 Å². The van der Waals surface area contributed by atoms with E-state index in [2.05, 4.69) is 34.5 Å². The van der Waals surface area contributed by atoms with Crippen LogP contribution < -0.4 is 4.72 Å². The molecule has 1 N–H and O–H groups in total. The largest absolute Gasteiger partial charge is 0.241 e. The van der Waals surface area contributed by atoms with E-state index in [1.54, 1.807) is 6.07 Å². The molecule has 20 heavy (non-hydrogen) atoms. The van der Waals surface area contributed by atoms with Gasteiger partial charge in [-0.25, -0.2) is 13.1 Å². The van der Waals surface area contributed by atoms with Crippen molar-refractivity contribution in [1.82, 2.24) is 4.72 Å². The molecule has 112 valence electrons. The van der Waals surface area contributed by atoms with Gasteiger partial charge >= 0.3 is 0 Å². The van der Waals surface area contributed by atoms with Gasteiger partial charge in [0.2, 0.25) is 10.0 Å². The Morgan fingerprint density at radius 3 is 2.60 bits per heavy atom. The Kier molecular flexibility index (Phi) is 4.92. The van der Waals surface area contributed by atoms with Crippen molar-refractivity contribution < 1.29 is 8.42 Å². The maximum atomic E-state index is 12.5. The first-order valence-electron chi connectivity index (χ1n) is 7.10. The van der Waals surface area contributed by atoms with E-state index in [4.69, 9.17) is 0 Å². The Morgan fingerprint density at radius 2 is 1.95 bits per heavy atom. The molecule has 1 aromatic carbocycles. The average Bonchev–Trinajstić information content (AvgIpc) is 2.34. The van der Waals surface area contributed by atoms with Crippen molar-refractivity contribution >= 4 is 26.0 Å². The fourth-order valence-corrected chi connectivity index (χ4v) is 5.39. The van der Waals surface area contributed by atoms with Crippen LogP contribution in [0.15, 0.2) is 27.6 Å². The SMILES string of the molecule is Cc1ccc(S(=O)(=O)NC2CCCC(C)C2C)c(Br)c1. The van der Waals surface area contributed by atoms with Crippen LogP contribution in [0.2, 0.25) is 0 Å². The first-order valence-corrected chi connectivity index (χ1v) is 9.37. The fraction of sp³-hybridized carbons (Fsp3) is 0.600. The Hall–Kier alpha value is -0.390. The zero-order valence-corrected chi connectivity index (χ0v) is 14.6. The molecule has 2 rings (SSSR count). The lowest BCUT2D eigenvalue weighted by Crippen LogP contribution is -2.43. The zero-order chi connectivity index (χ0) is 14.9. The molecule has 0 radical (unpaired) electrons. The van der Waals surface area contributed by atoms with Crippen molar-refractivity contribution in [2.24, 2.45) is 11.8 Å². The second-order valence-corrected chi connectivity index (χ2v) is 8.47. The van der Waals surface area contributed by atoms with Gasteiger partial charge in [-0.2, -0.15) is 0 Å². The minimum absolute atomic E-state index is 0.0388. The average molecular weight is 360 g/mol. The highest BCUT2D eigenvalue weighted by Gasteiger charge is 2.31. The second-order valence-electron chi connectivity index (χ2n) is 5.93. The molecule has 0 aliphatic heterocycles. The molecule has 1 aliphatic rings. The van der Waals surface area contributed by atoms with Crippen molar-refractivity contribution in [2.75, 3.05) is 0 Å². The van der Waals surface area contributed by atoms with E-state index in [1.807, 2.05) is 19.1 Å². The smallest absolute Gasteiger partial charge is 0.208 e. The summed E-state index contributed by atoms with van der Waals surface area (Å²) in [6.07, 6.45) is 3.20. The van der Waals surface area contributed by atoms with Crippen molar-refractivity contribution in [3.8, 4) is 0 Å². The first-order chi connectivity index (χ1) is 9.31. The molecular formula is C15H22BrNO2S. The zero-order valence-electron chi connectivity index (χ0n) is 12.2. The van der Waals surface area contributed by atoms with Gasteiger partial charge in [0, 0.05) is 10.5 Å². The van der Waals surface area contributed by atoms with Crippen LogP contribution in [-0.4, -0.2) is 14.5 Å². The maximum Gasteiger partial charge on any atom is 0.241 e. The van der Waals surface area contributed by atoms with Gasteiger partial charge in [-0.05, 0) is 58.8 Å². The monoisotopic (exact) mass is 359 g/mol. The summed E-state index contributed by atoms with van der Waals surface area (Å²) in [6.45, 7) is 6.29. The Bertz CT molecular complexity index is 586. The van der Waals surface area contributed by atoms with E-state index in [0.29, 0.717) is 21.2 Å². The predicted molar refractivity (Wildman–Crippen MR) is 85.2 cm³/mol. The first kappa shape index (κ1) is 16.0. The number of hydrogen-bond donors (Lipinski definition) is 1. The molecule has 5 heteroatoms. The van der Waals surface area contributed by atoms with E-state index in [1.165, 1.54) is 6.42 Å². The lowest BCUT2D eigenvalue weighted by Gasteiger charge is -2.34. The summed E-state index contributed by atoms with van der Waals surface area (Å²) in [5.41, 5.74) is 1.04. The van der Waals surface area contributed by atoms with E-state index in [0.717, 1.165) is 18.4 Å². The molecule has 0 saturated heterocycles. The molecule has 0 amide bonds. The van der Waals surface area contributed by atoms with Gasteiger partial charge in [0.1, 0.15) is 0 Å². The third-order valence-corrected chi connectivity index (χ3v) is 6.86. The summed E-state index contributed by atoms with van der Waals surface area (Å²) in [7, 11) is -3.46. The molecular weight excluding hydrogens is 338 g/mol. The van der Waals surface area contributed by atoms with Crippen LogP contribution in [0.5, 0.6) is 0 Å². The maximum absolute atomic E-state index is 12.5. The third-order valence-electron chi connectivity index (χ3n) is 4.39. The number of halogens is 1. The number of nitrogens with one attached hydrogen (secondary N) is 1. The van der Waals surface area contributed by atoms with Gasteiger partial charge in [0.15, 0.2) is 0 Å². The van der Waals surface area contributed by atoms with Gasteiger partial charge in [-0.1, -0.05) is 32.8 Å². The lowest BCUT2D eigenvalue weighted by atomic mass is 9.78. The summed E-state index contributed by atoms with van der Waals surface area (Å²) < 4.78 is 28.6. The normalized spacial score (nSPS) is 27.5.